The van der Waals surface area contributed by atoms with Gasteiger partial charge in [-0.05, 0) is 19.9 Å². The Morgan fingerprint density at radius 3 is 2.62 bits per heavy atom. The van der Waals surface area contributed by atoms with Crippen LogP contribution in [0.15, 0.2) is 18.6 Å². The van der Waals surface area contributed by atoms with Gasteiger partial charge in [0.15, 0.2) is 0 Å². The van der Waals surface area contributed by atoms with Crippen molar-refractivity contribution in [2.75, 3.05) is 13.2 Å². The largest absolute Gasteiger partial charge is 0.376 e. The summed E-state index contributed by atoms with van der Waals surface area (Å²) in [5.41, 5.74) is 0.949. The van der Waals surface area contributed by atoms with Crippen LogP contribution in [0.1, 0.15) is 38.9 Å². The number of ether oxygens (including phenoxy) is 1. The molecule has 16 heavy (non-hydrogen) atoms. The molecule has 0 aromatic carbocycles. The van der Waals surface area contributed by atoms with Crippen molar-refractivity contribution in [1.29, 1.82) is 0 Å². The maximum absolute atomic E-state index is 5.73. The molecule has 1 rings (SSSR count). The van der Waals surface area contributed by atoms with Gasteiger partial charge in [0.25, 0.3) is 0 Å². The van der Waals surface area contributed by atoms with E-state index in [2.05, 4.69) is 29.1 Å². The summed E-state index contributed by atoms with van der Waals surface area (Å²) in [6, 6.07) is 0.128. The smallest absolute Gasteiger partial charge is 0.0783 e. The number of hydrogen-bond acceptors (Lipinski definition) is 4. The molecule has 4 heteroatoms. The summed E-state index contributed by atoms with van der Waals surface area (Å²) in [4.78, 5) is 8.45. The summed E-state index contributed by atoms with van der Waals surface area (Å²) in [5.74, 6) is 0. The highest BCUT2D eigenvalue weighted by Crippen LogP contribution is 2.18. The molecule has 0 saturated heterocycles. The van der Waals surface area contributed by atoms with Crippen molar-refractivity contribution < 1.29 is 4.74 Å². The molecule has 0 spiro atoms. The monoisotopic (exact) mass is 223 g/mol. The van der Waals surface area contributed by atoms with Crippen LogP contribution in [0, 0.1) is 0 Å². The van der Waals surface area contributed by atoms with E-state index >= 15 is 0 Å². The van der Waals surface area contributed by atoms with E-state index in [9.17, 15) is 0 Å². The first-order valence-electron chi connectivity index (χ1n) is 5.94. The lowest BCUT2D eigenvalue weighted by Crippen LogP contribution is -2.34. The van der Waals surface area contributed by atoms with Gasteiger partial charge in [-0.1, -0.05) is 13.8 Å². The molecule has 0 amide bonds. The Labute approximate surface area is 97.5 Å². The summed E-state index contributed by atoms with van der Waals surface area (Å²) in [6.45, 7) is 7.84. The van der Waals surface area contributed by atoms with Crippen LogP contribution >= 0.6 is 0 Å². The Kier molecular flexibility index (Phi) is 5.96. The van der Waals surface area contributed by atoms with Crippen LogP contribution in [0.25, 0.3) is 0 Å². The molecular weight excluding hydrogens is 202 g/mol. The number of hydrogen-bond donors (Lipinski definition) is 1. The molecular formula is C12H21N3O. The van der Waals surface area contributed by atoms with Crippen LogP contribution in [0.3, 0.4) is 0 Å². The topological polar surface area (TPSA) is 47.0 Å². The van der Waals surface area contributed by atoms with Crippen LogP contribution < -0.4 is 5.32 Å². The lowest BCUT2D eigenvalue weighted by Gasteiger charge is -2.26. The van der Waals surface area contributed by atoms with Crippen LogP contribution in [0.2, 0.25) is 0 Å². The van der Waals surface area contributed by atoms with Gasteiger partial charge in [0.1, 0.15) is 0 Å². The van der Waals surface area contributed by atoms with E-state index in [0.29, 0.717) is 0 Å². The molecule has 1 aromatic rings. The zero-order chi connectivity index (χ0) is 11.8. The van der Waals surface area contributed by atoms with Crippen molar-refractivity contribution in [3.63, 3.8) is 0 Å². The van der Waals surface area contributed by atoms with Crippen LogP contribution in [0.4, 0.5) is 0 Å². The molecule has 0 aliphatic heterocycles. The number of likely N-dealkylation sites (N-methyl/N-ethyl adjacent to an activating group) is 1. The van der Waals surface area contributed by atoms with Crippen molar-refractivity contribution in [3.05, 3.63) is 24.3 Å². The van der Waals surface area contributed by atoms with Gasteiger partial charge < -0.3 is 10.1 Å². The SMILES string of the molecule is CCNC(c1cnccn1)C(CC)OCC. The normalized spacial score (nSPS) is 14.7. The first-order valence-corrected chi connectivity index (χ1v) is 5.94. The standard InChI is InChI=1S/C12H21N3O/c1-4-11(16-6-3)12(14-5-2)10-9-13-7-8-15-10/h7-9,11-12,14H,4-6H2,1-3H3. The van der Waals surface area contributed by atoms with Crippen molar-refractivity contribution in [1.82, 2.24) is 15.3 Å². The van der Waals surface area contributed by atoms with Crippen LogP contribution in [-0.4, -0.2) is 29.2 Å². The molecule has 1 aromatic heterocycles. The van der Waals surface area contributed by atoms with Crippen molar-refractivity contribution >= 4 is 0 Å². The number of nitrogens with zero attached hydrogens (tertiary/aromatic N) is 2. The molecule has 1 N–H and O–H groups in total. The quantitative estimate of drug-likeness (QED) is 0.767. The fourth-order valence-corrected chi connectivity index (χ4v) is 1.78. The molecule has 0 saturated carbocycles. The van der Waals surface area contributed by atoms with Crippen molar-refractivity contribution in [2.24, 2.45) is 0 Å². The molecule has 90 valence electrons. The average molecular weight is 223 g/mol. The summed E-state index contributed by atoms with van der Waals surface area (Å²) < 4.78 is 5.73. The summed E-state index contributed by atoms with van der Waals surface area (Å²) in [6.07, 6.45) is 6.32. The number of aromatic nitrogens is 2. The van der Waals surface area contributed by atoms with Crippen LogP contribution in [-0.2, 0) is 4.74 Å². The van der Waals surface area contributed by atoms with E-state index in [1.54, 1.807) is 18.6 Å². The van der Waals surface area contributed by atoms with Crippen molar-refractivity contribution in [2.45, 2.75) is 39.3 Å². The first-order chi connectivity index (χ1) is 7.83. The summed E-state index contributed by atoms with van der Waals surface area (Å²) in [7, 11) is 0. The van der Waals surface area contributed by atoms with Gasteiger partial charge in [0.05, 0.1) is 24.0 Å². The van der Waals surface area contributed by atoms with Gasteiger partial charge in [-0.15, -0.1) is 0 Å². The highest BCUT2D eigenvalue weighted by molar-refractivity contribution is 5.04. The second-order valence-corrected chi connectivity index (χ2v) is 3.57. The first kappa shape index (κ1) is 13.1. The van der Waals surface area contributed by atoms with Gasteiger partial charge in [-0.25, -0.2) is 0 Å². The van der Waals surface area contributed by atoms with E-state index in [4.69, 9.17) is 4.74 Å². The highest BCUT2D eigenvalue weighted by Gasteiger charge is 2.22. The molecule has 4 nitrogen and oxygen atoms in total. The predicted octanol–water partition coefficient (Wildman–Crippen LogP) is 1.94. The van der Waals surface area contributed by atoms with Crippen LogP contribution in [0.5, 0.6) is 0 Å². The van der Waals surface area contributed by atoms with Gasteiger partial charge in [0, 0.05) is 19.0 Å². The third-order valence-electron chi connectivity index (χ3n) is 2.48. The Balaban J connectivity index is 2.80. The molecule has 0 bridgehead atoms. The summed E-state index contributed by atoms with van der Waals surface area (Å²) in [5, 5.41) is 3.41. The van der Waals surface area contributed by atoms with Gasteiger partial charge in [-0.2, -0.15) is 0 Å². The minimum atomic E-state index is 0.128. The summed E-state index contributed by atoms with van der Waals surface area (Å²) >= 11 is 0. The molecule has 2 atom stereocenters. The van der Waals surface area contributed by atoms with Gasteiger partial charge >= 0.3 is 0 Å². The minimum absolute atomic E-state index is 0.128. The Morgan fingerprint density at radius 2 is 2.12 bits per heavy atom. The predicted molar refractivity (Wildman–Crippen MR) is 64.2 cm³/mol. The maximum Gasteiger partial charge on any atom is 0.0783 e. The minimum Gasteiger partial charge on any atom is -0.376 e. The Morgan fingerprint density at radius 1 is 1.31 bits per heavy atom. The molecule has 0 radical (unpaired) electrons. The molecule has 2 unspecified atom stereocenters. The molecule has 1 heterocycles. The van der Waals surface area contributed by atoms with E-state index in [1.165, 1.54) is 0 Å². The van der Waals surface area contributed by atoms with Gasteiger partial charge in [0.2, 0.25) is 0 Å². The lowest BCUT2D eigenvalue weighted by molar-refractivity contribution is 0.0306. The molecule has 0 aliphatic carbocycles. The zero-order valence-corrected chi connectivity index (χ0v) is 10.3. The fraction of sp³-hybridized carbons (Fsp3) is 0.667. The zero-order valence-electron chi connectivity index (χ0n) is 10.3. The van der Waals surface area contributed by atoms with Crippen molar-refractivity contribution in [3.8, 4) is 0 Å². The van der Waals surface area contributed by atoms with E-state index in [-0.39, 0.29) is 12.1 Å². The third-order valence-corrected chi connectivity index (χ3v) is 2.48. The van der Waals surface area contributed by atoms with E-state index in [0.717, 1.165) is 25.3 Å². The second kappa shape index (κ2) is 7.30. The maximum atomic E-state index is 5.73. The third kappa shape index (κ3) is 3.54. The Hall–Kier alpha value is -1.00. The second-order valence-electron chi connectivity index (χ2n) is 3.57. The van der Waals surface area contributed by atoms with E-state index < -0.39 is 0 Å². The average Bonchev–Trinajstić information content (AvgIpc) is 2.35. The molecule has 0 aliphatic rings. The number of nitrogens with one attached hydrogen (secondary N) is 1. The number of rotatable bonds is 7. The fourth-order valence-electron chi connectivity index (χ4n) is 1.78. The molecule has 0 fully saturated rings. The van der Waals surface area contributed by atoms with Gasteiger partial charge in [-0.3, -0.25) is 9.97 Å². The van der Waals surface area contributed by atoms with E-state index in [1.807, 2.05) is 6.92 Å². The highest BCUT2D eigenvalue weighted by atomic mass is 16.5. The lowest BCUT2D eigenvalue weighted by atomic mass is 10.1. The Bertz CT molecular complexity index is 279.